The minimum absolute atomic E-state index is 0.0110. The van der Waals surface area contributed by atoms with E-state index in [1.807, 2.05) is 13.8 Å². The Morgan fingerprint density at radius 2 is 2.15 bits per heavy atom. The molecule has 0 atom stereocenters. The smallest absolute Gasteiger partial charge is 0.253 e. The highest BCUT2D eigenvalue weighted by atomic mass is 35.5. The maximum absolute atomic E-state index is 12.9. The number of halogens is 4. The number of thiazole rings is 1. The van der Waals surface area contributed by atoms with E-state index in [0.717, 1.165) is 29.5 Å². The molecule has 2 aromatic rings. The van der Waals surface area contributed by atoms with Gasteiger partial charge in [-0.1, -0.05) is 29.9 Å². The zero-order chi connectivity index (χ0) is 14.9. The summed E-state index contributed by atoms with van der Waals surface area (Å²) in [6.07, 6.45) is -3.69. The number of anilines is 1. The molecule has 1 heterocycles. The number of rotatable bonds is 3. The fourth-order valence-corrected chi connectivity index (χ4v) is 2.69. The SMILES string of the molecule is CC/C(C)=N/Nc1nc2c(Cl)ccc(C(F)(F)F)c2s1. The number of benzene rings is 1. The van der Waals surface area contributed by atoms with E-state index in [2.05, 4.69) is 15.5 Å². The van der Waals surface area contributed by atoms with E-state index in [4.69, 9.17) is 11.6 Å². The molecule has 1 aromatic heterocycles. The Labute approximate surface area is 122 Å². The molecule has 0 amide bonds. The Balaban J connectivity index is 2.50. The van der Waals surface area contributed by atoms with Crippen LogP contribution in [0.15, 0.2) is 17.2 Å². The molecule has 2 rings (SSSR count). The van der Waals surface area contributed by atoms with Crippen molar-refractivity contribution >= 4 is 44.0 Å². The summed E-state index contributed by atoms with van der Waals surface area (Å²) in [5, 5.41) is 4.49. The highest BCUT2D eigenvalue weighted by Gasteiger charge is 2.34. The van der Waals surface area contributed by atoms with Crippen LogP contribution in [0.5, 0.6) is 0 Å². The number of hydrogen-bond donors (Lipinski definition) is 1. The molecule has 0 saturated carbocycles. The van der Waals surface area contributed by atoms with Crippen LogP contribution in [0.1, 0.15) is 25.8 Å². The van der Waals surface area contributed by atoms with E-state index in [-0.39, 0.29) is 20.4 Å². The molecule has 20 heavy (non-hydrogen) atoms. The van der Waals surface area contributed by atoms with Gasteiger partial charge in [-0.3, -0.25) is 5.43 Å². The first-order chi connectivity index (χ1) is 9.32. The van der Waals surface area contributed by atoms with Crippen LogP contribution >= 0.6 is 22.9 Å². The van der Waals surface area contributed by atoms with E-state index in [1.165, 1.54) is 6.07 Å². The molecular formula is C12H11ClF3N3S. The molecule has 0 fully saturated rings. The third kappa shape index (κ3) is 3.04. The maximum atomic E-state index is 12.9. The van der Waals surface area contributed by atoms with E-state index >= 15 is 0 Å². The van der Waals surface area contributed by atoms with Crippen LogP contribution in [0, 0.1) is 0 Å². The molecule has 0 unspecified atom stereocenters. The van der Waals surface area contributed by atoms with Gasteiger partial charge in [0.1, 0.15) is 5.52 Å². The van der Waals surface area contributed by atoms with Gasteiger partial charge in [0.2, 0.25) is 5.13 Å². The maximum Gasteiger partial charge on any atom is 0.417 e. The Morgan fingerprint density at radius 3 is 2.75 bits per heavy atom. The van der Waals surface area contributed by atoms with Crippen molar-refractivity contribution in [1.82, 2.24) is 4.98 Å². The number of hydrogen-bond acceptors (Lipinski definition) is 4. The normalized spacial score (nSPS) is 13.0. The number of hydrazone groups is 1. The Bertz CT molecular complexity index is 664. The topological polar surface area (TPSA) is 37.3 Å². The van der Waals surface area contributed by atoms with Gasteiger partial charge in [-0.15, -0.1) is 0 Å². The second-order valence-corrected chi connectivity index (χ2v) is 5.51. The first-order valence-corrected chi connectivity index (χ1v) is 6.97. The summed E-state index contributed by atoms with van der Waals surface area (Å²) in [7, 11) is 0. The van der Waals surface area contributed by atoms with E-state index in [1.54, 1.807) is 0 Å². The summed E-state index contributed by atoms with van der Waals surface area (Å²) in [5.74, 6) is 0. The predicted octanol–water partition coefficient (Wildman–Crippen LogP) is 5.17. The molecule has 0 radical (unpaired) electrons. The molecule has 3 nitrogen and oxygen atoms in total. The summed E-state index contributed by atoms with van der Waals surface area (Å²) in [4.78, 5) is 4.06. The largest absolute Gasteiger partial charge is 0.417 e. The molecular weight excluding hydrogens is 311 g/mol. The number of alkyl halides is 3. The average molecular weight is 322 g/mol. The number of nitrogens with zero attached hydrogens (tertiary/aromatic N) is 2. The van der Waals surface area contributed by atoms with Gasteiger partial charge in [-0.25, -0.2) is 4.98 Å². The van der Waals surface area contributed by atoms with Gasteiger partial charge in [0.05, 0.1) is 15.3 Å². The van der Waals surface area contributed by atoms with Gasteiger partial charge in [0.15, 0.2) is 0 Å². The molecule has 0 saturated heterocycles. The van der Waals surface area contributed by atoms with Crippen molar-refractivity contribution in [1.29, 1.82) is 0 Å². The van der Waals surface area contributed by atoms with Crippen molar-refractivity contribution < 1.29 is 13.2 Å². The molecule has 0 aliphatic heterocycles. The highest BCUT2D eigenvalue weighted by Crippen LogP contribution is 2.41. The standard InChI is InChI=1S/C12H11ClF3N3S/c1-3-6(2)18-19-11-17-9-8(13)5-4-7(10(9)20-11)12(14,15)16/h4-5H,3H2,1-2H3,(H,17,19)/b18-6+. The molecule has 1 aromatic carbocycles. The van der Waals surface area contributed by atoms with Crippen molar-refractivity contribution in [3.63, 3.8) is 0 Å². The monoisotopic (exact) mass is 321 g/mol. The zero-order valence-corrected chi connectivity index (χ0v) is 12.2. The van der Waals surface area contributed by atoms with Gasteiger partial charge < -0.3 is 0 Å². The Morgan fingerprint density at radius 1 is 1.45 bits per heavy atom. The van der Waals surface area contributed by atoms with Crippen molar-refractivity contribution in [3.05, 3.63) is 22.7 Å². The molecule has 0 bridgehead atoms. The summed E-state index contributed by atoms with van der Waals surface area (Å²) in [6.45, 7) is 3.74. The number of nitrogens with one attached hydrogen (secondary N) is 1. The van der Waals surface area contributed by atoms with E-state index in [0.29, 0.717) is 0 Å². The Hall–Kier alpha value is -1.34. The third-order valence-electron chi connectivity index (χ3n) is 2.65. The van der Waals surface area contributed by atoms with Crippen LogP contribution in [-0.2, 0) is 6.18 Å². The zero-order valence-electron chi connectivity index (χ0n) is 10.7. The highest BCUT2D eigenvalue weighted by molar-refractivity contribution is 7.22. The van der Waals surface area contributed by atoms with Gasteiger partial charge in [0.25, 0.3) is 0 Å². The van der Waals surface area contributed by atoms with Crippen LogP contribution in [0.2, 0.25) is 5.02 Å². The fourth-order valence-electron chi connectivity index (χ4n) is 1.47. The predicted molar refractivity (Wildman–Crippen MR) is 76.7 cm³/mol. The molecule has 0 spiro atoms. The first-order valence-electron chi connectivity index (χ1n) is 5.78. The molecule has 1 N–H and O–H groups in total. The van der Waals surface area contributed by atoms with Crippen LogP contribution in [-0.4, -0.2) is 10.7 Å². The Kier molecular flexibility index (Phi) is 4.19. The van der Waals surface area contributed by atoms with Gasteiger partial charge in [-0.05, 0) is 25.5 Å². The second kappa shape index (κ2) is 5.57. The van der Waals surface area contributed by atoms with Crippen LogP contribution in [0.25, 0.3) is 10.2 Å². The van der Waals surface area contributed by atoms with Gasteiger partial charge in [-0.2, -0.15) is 18.3 Å². The minimum atomic E-state index is -4.44. The number of fused-ring (bicyclic) bond motifs is 1. The average Bonchev–Trinajstić information content (AvgIpc) is 2.79. The lowest BCUT2D eigenvalue weighted by molar-refractivity contribution is -0.136. The van der Waals surface area contributed by atoms with Crippen molar-refractivity contribution in [3.8, 4) is 0 Å². The van der Waals surface area contributed by atoms with E-state index < -0.39 is 11.7 Å². The van der Waals surface area contributed by atoms with Crippen molar-refractivity contribution in [2.24, 2.45) is 5.10 Å². The van der Waals surface area contributed by atoms with E-state index in [9.17, 15) is 13.2 Å². The van der Waals surface area contributed by atoms with Crippen LogP contribution in [0.4, 0.5) is 18.3 Å². The summed E-state index contributed by atoms with van der Waals surface area (Å²) < 4.78 is 38.8. The minimum Gasteiger partial charge on any atom is -0.253 e. The quantitative estimate of drug-likeness (QED) is 0.625. The summed E-state index contributed by atoms with van der Waals surface area (Å²) in [5.41, 5.74) is 2.89. The van der Waals surface area contributed by atoms with Gasteiger partial charge in [0, 0.05) is 5.71 Å². The third-order valence-corrected chi connectivity index (χ3v) is 3.95. The lowest BCUT2D eigenvalue weighted by atomic mass is 10.2. The lowest BCUT2D eigenvalue weighted by Crippen LogP contribution is -2.04. The summed E-state index contributed by atoms with van der Waals surface area (Å²) in [6, 6.07) is 2.17. The van der Waals surface area contributed by atoms with Crippen molar-refractivity contribution in [2.45, 2.75) is 26.4 Å². The molecule has 0 aliphatic rings. The van der Waals surface area contributed by atoms with Crippen LogP contribution in [0.3, 0.4) is 0 Å². The first kappa shape index (κ1) is 15.1. The summed E-state index contributed by atoms with van der Waals surface area (Å²) >= 11 is 6.78. The second-order valence-electron chi connectivity index (χ2n) is 4.10. The van der Waals surface area contributed by atoms with Crippen LogP contribution < -0.4 is 5.43 Å². The number of aromatic nitrogens is 1. The fraction of sp³-hybridized carbons (Fsp3) is 0.333. The molecule has 0 aliphatic carbocycles. The van der Waals surface area contributed by atoms with Crippen molar-refractivity contribution in [2.75, 3.05) is 5.43 Å². The lowest BCUT2D eigenvalue weighted by Gasteiger charge is -2.07. The molecule has 8 heteroatoms. The van der Waals surface area contributed by atoms with Gasteiger partial charge >= 0.3 is 6.18 Å². The molecule has 108 valence electrons.